The van der Waals surface area contributed by atoms with E-state index in [1.165, 1.54) is 0 Å². The number of likely N-dealkylation sites (tertiary alicyclic amines) is 1. The summed E-state index contributed by atoms with van der Waals surface area (Å²) in [6.07, 6.45) is 3.20. The van der Waals surface area contributed by atoms with E-state index in [0.717, 1.165) is 32.3 Å². The molecule has 2 fully saturated rings. The molecule has 2 saturated heterocycles. The van der Waals surface area contributed by atoms with Crippen LogP contribution < -0.4 is 10.6 Å². The van der Waals surface area contributed by atoms with Crippen molar-refractivity contribution in [3.8, 4) is 0 Å². The standard InChI is InChI=1S/C16H29N3O4/c1-16(2,3)23-15(21)19-8-6-13(11-19)18-14(20)17-12-5-4-9-22-10-7-12/h12-13H,4-11H2,1-3H3,(H2,17,18,20). The van der Waals surface area contributed by atoms with Crippen molar-refractivity contribution in [2.75, 3.05) is 26.3 Å². The summed E-state index contributed by atoms with van der Waals surface area (Å²) in [5.41, 5.74) is -0.498. The van der Waals surface area contributed by atoms with Gasteiger partial charge in [-0.05, 0) is 46.5 Å². The van der Waals surface area contributed by atoms with Crippen LogP contribution in [-0.4, -0.2) is 61.0 Å². The van der Waals surface area contributed by atoms with E-state index in [4.69, 9.17) is 9.47 Å². The maximum atomic E-state index is 12.1. The van der Waals surface area contributed by atoms with Crippen LogP contribution in [0.15, 0.2) is 0 Å². The molecule has 2 atom stereocenters. The van der Waals surface area contributed by atoms with Crippen molar-refractivity contribution in [3.63, 3.8) is 0 Å². The average Bonchev–Trinajstić information content (AvgIpc) is 2.74. The van der Waals surface area contributed by atoms with Gasteiger partial charge in [0, 0.05) is 38.4 Å². The highest BCUT2D eigenvalue weighted by molar-refractivity contribution is 5.75. The first-order chi connectivity index (χ1) is 10.8. The average molecular weight is 327 g/mol. The summed E-state index contributed by atoms with van der Waals surface area (Å²) in [6.45, 7) is 8.11. The first-order valence-corrected chi connectivity index (χ1v) is 8.46. The number of nitrogens with one attached hydrogen (secondary N) is 2. The van der Waals surface area contributed by atoms with Gasteiger partial charge in [0.15, 0.2) is 0 Å². The Labute approximate surface area is 138 Å². The minimum Gasteiger partial charge on any atom is -0.444 e. The van der Waals surface area contributed by atoms with E-state index in [1.54, 1.807) is 4.90 Å². The van der Waals surface area contributed by atoms with Gasteiger partial charge in [0.05, 0.1) is 0 Å². The van der Waals surface area contributed by atoms with Crippen LogP contribution in [0, 0.1) is 0 Å². The summed E-state index contributed by atoms with van der Waals surface area (Å²) in [6, 6.07) is -0.0154. The van der Waals surface area contributed by atoms with Crippen molar-refractivity contribution >= 4 is 12.1 Å². The number of rotatable bonds is 2. The lowest BCUT2D eigenvalue weighted by atomic mass is 10.1. The Balaban J connectivity index is 1.72. The van der Waals surface area contributed by atoms with E-state index in [-0.39, 0.29) is 24.2 Å². The molecular formula is C16H29N3O4. The molecule has 0 aromatic heterocycles. The van der Waals surface area contributed by atoms with Gasteiger partial charge >= 0.3 is 12.1 Å². The minimum atomic E-state index is -0.498. The van der Waals surface area contributed by atoms with Crippen molar-refractivity contribution in [1.29, 1.82) is 0 Å². The summed E-state index contributed by atoms with van der Waals surface area (Å²) in [5, 5.41) is 5.96. The van der Waals surface area contributed by atoms with Gasteiger partial charge in [-0.1, -0.05) is 0 Å². The van der Waals surface area contributed by atoms with E-state index in [9.17, 15) is 9.59 Å². The molecule has 2 rings (SSSR count). The van der Waals surface area contributed by atoms with E-state index in [1.807, 2.05) is 20.8 Å². The first kappa shape index (κ1) is 17.8. The number of ether oxygens (including phenoxy) is 2. The molecule has 2 heterocycles. The number of carbonyl (C=O) groups is 2. The van der Waals surface area contributed by atoms with Gasteiger partial charge < -0.3 is 25.0 Å². The first-order valence-electron chi connectivity index (χ1n) is 8.46. The van der Waals surface area contributed by atoms with Crippen molar-refractivity contribution in [3.05, 3.63) is 0 Å². The zero-order valence-electron chi connectivity index (χ0n) is 14.4. The predicted octanol–water partition coefficient (Wildman–Crippen LogP) is 1.86. The van der Waals surface area contributed by atoms with Gasteiger partial charge in [0.1, 0.15) is 5.60 Å². The minimum absolute atomic E-state index is 0.0236. The number of amides is 3. The number of hydrogen-bond acceptors (Lipinski definition) is 4. The molecule has 2 N–H and O–H groups in total. The van der Waals surface area contributed by atoms with Crippen LogP contribution in [0.3, 0.4) is 0 Å². The second kappa shape index (κ2) is 7.86. The van der Waals surface area contributed by atoms with Crippen LogP contribution in [0.5, 0.6) is 0 Å². The van der Waals surface area contributed by atoms with Gasteiger partial charge in [-0.3, -0.25) is 0 Å². The molecular weight excluding hydrogens is 298 g/mol. The summed E-state index contributed by atoms with van der Waals surface area (Å²) in [7, 11) is 0. The molecule has 0 radical (unpaired) electrons. The monoisotopic (exact) mass is 327 g/mol. The van der Waals surface area contributed by atoms with Crippen LogP contribution in [-0.2, 0) is 9.47 Å². The normalized spacial score (nSPS) is 25.6. The highest BCUT2D eigenvalue weighted by Crippen LogP contribution is 2.15. The van der Waals surface area contributed by atoms with Crippen molar-refractivity contribution in [2.24, 2.45) is 0 Å². The Morgan fingerprint density at radius 2 is 1.83 bits per heavy atom. The maximum Gasteiger partial charge on any atom is 0.410 e. The fourth-order valence-electron chi connectivity index (χ4n) is 2.83. The topological polar surface area (TPSA) is 79.9 Å². The van der Waals surface area contributed by atoms with Gasteiger partial charge in [0.2, 0.25) is 0 Å². The Kier molecular flexibility index (Phi) is 6.10. The molecule has 3 amide bonds. The number of carbonyl (C=O) groups excluding carboxylic acids is 2. The van der Waals surface area contributed by atoms with E-state index < -0.39 is 5.60 Å². The van der Waals surface area contributed by atoms with Gasteiger partial charge in [0.25, 0.3) is 0 Å². The molecule has 0 spiro atoms. The molecule has 23 heavy (non-hydrogen) atoms. The fourth-order valence-corrected chi connectivity index (χ4v) is 2.83. The summed E-state index contributed by atoms with van der Waals surface area (Å²) in [5.74, 6) is 0. The molecule has 7 nitrogen and oxygen atoms in total. The molecule has 132 valence electrons. The van der Waals surface area contributed by atoms with Crippen molar-refractivity contribution in [2.45, 2.75) is 64.1 Å². The van der Waals surface area contributed by atoms with Crippen molar-refractivity contribution in [1.82, 2.24) is 15.5 Å². The molecule has 2 aliphatic heterocycles. The molecule has 0 aromatic rings. The second-order valence-electron chi connectivity index (χ2n) is 7.27. The zero-order chi connectivity index (χ0) is 16.9. The van der Waals surface area contributed by atoms with Crippen LogP contribution in [0.4, 0.5) is 9.59 Å². The third-order valence-electron chi connectivity index (χ3n) is 3.96. The van der Waals surface area contributed by atoms with E-state index >= 15 is 0 Å². The van der Waals surface area contributed by atoms with Gasteiger partial charge in [-0.25, -0.2) is 9.59 Å². The zero-order valence-corrected chi connectivity index (χ0v) is 14.4. The molecule has 0 aliphatic carbocycles. The Morgan fingerprint density at radius 1 is 1.09 bits per heavy atom. The lowest BCUT2D eigenvalue weighted by Gasteiger charge is -2.24. The second-order valence-corrected chi connectivity index (χ2v) is 7.27. The Morgan fingerprint density at radius 3 is 2.57 bits per heavy atom. The third kappa shape index (κ3) is 6.25. The molecule has 0 saturated carbocycles. The van der Waals surface area contributed by atoms with Crippen LogP contribution in [0.25, 0.3) is 0 Å². The van der Waals surface area contributed by atoms with Crippen molar-refractivity contribution < 1.29 is 19.1 Å². The molecule has 7 heteroatoms. The largest absolute Gasteiger partial charge is 0.444 e. The highest BCUT2D eigenvalue weighted by atomic mass is 16.6. The summed E-state index contributed by atoms with van der Waals surface area (Å²) < 4.78 is 10.7. The third-order valence-corrected chi connectivity index (χ3v) is 3.96. The van der Waals surface area contributed by atoms with E-state index in [2.05, 4.69) is 10.6 Å². The van der Waals surface area contributed by atoms with Crippen LogP contribution in [0.1, 0.15) is 46.5 Å². The van der Waals surface area contributed by atoms with Gasteiger partial charge in [-0.2, -0.15) is 0 Å². The number of nitrogens with zero attached hydrogens (tertiary/aromatic N) is 1. The fraction of sp³-hybridized carbons (Fsp3) is 0.875. The van der Waals surface area contributed by atoms with E-state index in [0.29, 0.717) is 19.7 Å². The number of urea groups is 1. The Hall–Kier alpha value is -1.50. The SMILES string of the molecule is CC(C)(C)OC(=O)N1CCC(NC(=O)NC2CCCOCC2)C1. The quantitative estimate of drug-likeness (QED) is 0.811. The Bertz CT molecular complexity index is 414. The lowest BCUT2D eigenvalue weighted by molar-refractivity contribution is 0.0291. The highest BCUT2D eigenvalue weighted by Gasteiger charge is 2.30. The van der Waals surface area contributed by atoms with Crippen LogP contribution in [0.2, 0.25) is 0 Å². The molecule has 0 aromatic carbocycles. The molecule has 2 aliphatic rings. The maximum absolute atomic E-state index is 12.1. The molecule has 0 bridgehead atoms. The summed E-state index contributed by atoms with van der Waals surface area (Å²) in [4.78, 5) is 25.7. The molecule has 2 unspecified atom stereocenters. The summed E-state index contributed by atoms with van der Waals surface area (Å²) >= 11 is 0. The smallest absolute Gasteiger partial charge is 0.410 e. The van der Waals surface area contributed by atoms with Crippen LogP contribution >= 0.6 is 0 Å². The predicted molar refractivity (Wildman–Crippen MR) is 86.3 cm³/mol. The number of hydrogen-bond donors (Lipinski definition) is 2. The lowest BCUT2D eigenvalue weighted by Crippen LogP contribution is -2.47. The van der Waals surface area contributed by atoms with Gasteiger partial charge in [-0.15, -0.1) is 0 Å².